The van der Waals surface area contributed by atoms with Gasteiger partial charge in [-0.05, 0) is 49.4 Å². The Morgan fingerprint density at radius 3 is 2.10 bits per heavy atom. The van der Waals surface area contributed by atoms with Crippen LogP contribution in [0.2, 0.25) is 0 Å². The number of carbonyl (C=O) groups is 1. The van der Waals surface area contributed by atoms with Crippen LogP contribution in [-0.2, 0) is 27.1 Å². The minimum atomic E-state index is -0.820. The molecule has 2 aromatic rings. The van der Waals surface area contributed by atoms with Crippen molar-refractivity contribution in [2.45, 2.75) is 59.2 Å². The Kier molecular flexibility index (Phi) is 7.45. The van der Waals surface area contributed by atoms with Crippen LogP contribution in [0.3, 0.4) is 0 Å². The summed E-state index contributed by atoms with van der Waals surface area (Å²) in [7, 11) is 0. The number of ether oxygens (including phenoxy) is 3. The molecule has 1 saturated heterocycles. The molecule has 0 spiro atoms. The van der Waals surface area contributed by atoms with Crippen molar-refractivity contribution < 1.29 is 19.0 Å². The first-order valence-corrected chi connectivity index (χ1v) is 10.7. The molecule has 1 fully saturated rings. The number of rotatable bonds is 8. The van der Waals surface area contributed by atoms with Gasteiger partial charge in [-0.1, -0.05) is 63.1 Å². The van der Waals surface area contributed by atoms with E-state index in [2.05, 4.69) is 26.0 Å². The molecule has 0 aromatic heterocycles. The SMILES string of the molecule is CCCCc1ccc(OC(=O)[C@]2(C)CO[C@H](c3ccc(CCC)cc3)OC2)cc1. The van der Waals surface area contributed by atoms with E-state index in [1.165, 1.54) is 17.5 Å². The maximum absolute atomic E-state index is 12.7. The van der Waals surface area contributed by atoms with Gasteiger partial charge in [0.05, 0.1) is 13.2 Å². The van der Waals surface area contributed by atoms with E-state index in [0.717, 1.165) is 31.2 Å². The Hall–Kier alpha value is -2.17. The fourth-order valence-electron chi connectivity index (χ4n) is 3.38. The van der Waals surface area contributed by atoms with Gasteiger partial charge in [0.25, 0.3) is 0 Å². The molecule has 156 valence electrons. The zero-order valence-electron chi connectivity index (χ0n) is 17.8. The molecule has 4 nitrogen and oxygen atoms in total. The largest absolute Gasteiger partial charge is 0.426 e. The van der Waals surface area contributed by atoms with E-state index in [1.54, 1.807) is 0 Å². The maximum Gasteiger partial charge on any atom is 0.321 e. The summed E-state index contributed by atoms with van der Waals surface area (Å²) in [6.07, 6.45) is 5.12. The van der Waals surface area contributed by atoms with E-state index in [9.17, 15) is 4.79 Å². The normalized spacial score (nSPS) is 21.7. The fraction of sp³-hybridized carbons (Fsp3) is 0.480. The average molecular weight is 397 g/mol. The molecule has 3 rings (SSSR count). The van der Waals surface area contributed by atoms with E-state index in [4.69, 9.17) is 14.2 Å². The Labute approximate surface area is 174 Å². The zero-order chi connectivity index (χ0) is 20.7. The van der Waals surface area contributed by atoms with Gasteiger partial charge in [-0.25, -0.2) is 0 Å². The van der Waals surface area contributed by atoms with E-state index in [-0.39, 0.29) is 19.2 Å². The molecule has 1 aliphatic rings. The molecular formula is C25H32O4. The van der Waals surface area contributed by atoms with Gasteiger partial charge in [0, 0.05) is 5.56 Å². The van der Waals surface area contributed by atoms with Crippen molar-refractivity contribution in [3.05, 3.63) is 65.2 Å². The number of benzene rings is 2. The van der Waals surface area contributed by atoms with Crippen molar-refractivity contribution in [2.75, 3.05) is 13.2 Å². The molecule has 0 aliphatic carbocycles. The lowest BCUT2D eigenvalue weighted by atomic mass is 9.92. The summed E-state index contributed by atoms with van der Waals surface area (Å²) in [5, 5.41) is 0. The van der Waals surface area contributed by atoms with E-state index < -0.39 is 11.7 Å². The number of esters is 1. The molecule has 0 N–H and O–H groups in total. The summed E-state index contributed by atoms with van der Waals surface area (Å²) in [4.78, 5) is 12.7. The molecule has 0 saturated carbocycles. The molecule has 1 heterocycles. The lowest BCUT2D eigenvalue weighted by Crippen LogP contribution is -2.44. The predicted molar refractivity (Wildman–Crippen MR) is 114 cm³/mol. The molecule has 2 aromatic carbocycles. The highest BCUT2D eigenvalue weighted by Crippen LogP contribution is 2.33. The highest BCUT2D eigenvalue weighted by molar-refractivity contribution is 5.79. The quantitative estimate of drug-likeness (QED) is 0.428. The Balaban J connectivity index is 1.54. The van der Waals surface area contributed by atoms with Gasteiger partial charge in [0.1, 0.15) is 11.2 Å². The molecule has 0 radical (unpaired) electrons. The molecule has 29 heavy (non-hydrogen) atoms. The van der Waals surface area contributed by atoms with Crippen LogP contribution in [0.25, 0.3) is 0 Å². The third kappa shape index (κ3) is 5.68. The van der Waals surface area contributed by atoms with E-state index in [0.29, 0.717) is 5.75 Å². The highest BCUT2D eigenvalue weighted by Gasteiger charge is 2.41. The summed E-state index contributed by atoms with van der Waals surface area (Å²) in [6, 6.07) is 16.1. The summed E-state index contributed by atoms with van der Waals surface area (Å²) >= 11 is 0. The van der Waals surface area contributed by atoms with Gasteiger partial charge in [0.15, 0.2) is 6.29 Å². The van der Waals surface area contributed by atoms with Crippen molar-refractivity contribution in [3.8, 4) is 5.75 Å². The summed E-state index contributed by atoms with van der Waals surface area (Å²) in [5.74, 6) is 0.237. The summed E-state index contributed by atoms with van der Waals surface area (Å²) in [5.41, 5.74) is 2.72. The first kappa shape index (κ1) is 21.5. The standard InChI is InChI=1S/C25H32O4/c1-4-6-8-20-11-15-22(16-12-20)29-24(26)25(3)17-27-23(28-18-25)21-13-9-19(7-5-2)10-14-21/h9-16,23H,4-8,17-18H2,1-3H3/t23-,25+. The lowest BCUT2D eigenvalue weighted by Gasteiger charge is -2.35. The van der Waals surface area contributed by atoms with Gasteiger partial charge in [-0.3, -0.25) is 4.79 Å². The first-order chi connectivity index (χ1) is 14.0. The number of unbranched alkanes of at least 4 members (excludes halogenated alkanes) is 1. The summed E-state index contributed by atoms with van der Waals surface area (Å²) in [6.45, 7) is 6.70. The Bertz CT molecular complexity index is 771. The highest BCUT2D eigenvalue weighted by atomic mass is 16.7. The summed E-state index contributed by atoms with van der Waals surface area (Å²) < 4.78 is 17.4. The van der Waals surface area contributed by atoms with Crippen LogP contribution in [0, 0.1) is 5.41 Å². The van der Waals surface area contributed by atoms with Crippen molar-refractivity contribution in [1.29, 1.82) is 0 Å². The number of hydrogen-bond donors (Lipinski definition) is 0. The van der Waals surface area contributed by atoms with Crippen LogP contribution in [0.4, 0.5) is 0 Å². The maximum atomic E-state index is 12.7. The number of hydrogen-bond acceptors (Lipinski definition) is 4. The van der Waals surface area contributed by atoms with Gasteiger partial charge < -0.3 is 14.2 Å². The minimum absolute atomic E-state index is 0.266. The minimum Gasteiger partial charge on any atom is -0.426 e. The van der Waals surface area contributed by atoms with Gasteiger partial charge in [-0.15, -0.1) is 0 Å². The van der Waals surface area contributed by atoms with Crippen LogP contribution < -0.4 is 4.74 Å². The smallest absolute Gasteiger partial charge is 0.321 e. The van der Waals surface area contributed by atoms with Crippen LogP contribution >= 0.6 is 0 Å². The van der Waals surface area contributed by atoms with Crippen molar-refractivity contribution >= 4 is 5.97 Å². The number of aryl methyl sites for hydroxylation is 2. The first-order valence-electron chi connectivity index (χ1n) is 10.7. The topological polar surface area (TPSA) is 44.8 Å². The third-order valence-electron chi connectivity index (χ3n) is 5.34. The molecule has 0 bridgehead atoms. The Morgan fingerprint density at radius 1 is 0.931 bits per heavy atom. The molecule has 0 amide bonds. The second-order valence-electron chi connectivity index (χ2n) is 8.14. The van der Waals surface area contributed by atoms with Crippen molar-refractivity contribution in [1.82, 2.24) is 0 Å². The molecule has 0 atom stereocenters. The van der Waals surface area contributed by atoms with Crippen molar-refractivity contribution in [2.24, 2.45) is 5.41 Å². The fourth-order valence-corrected chi connectivity index (χ4v) is 3.38. The zero-order valence-corrected chi connectivity index (χ0v) is 17.8. The monoisotopic (exact) mass is 396 g/mol. The predicted octanol–water partition coefficient (Wildman–Crippen LogP) is 5.64. The second kappa shape index (κ2) is 10.0. The number of carbonyl (C=O) groups excluding carboxylic acids is 1. The van der Waals surface area contributed by atoms with Crippen LogP contribution in [0.15, 0.2) is 48.5 Å². The van der Waals surface area contributed by atoms with E-state index in [1.807, 2.05) is 43.3 Å². The lowest BCUT2D eigenvalue weighted by molar-refractivity contribution is -0.233. The Morgan fingerprint density at radius 2 is 1.52 bits per heavy atom. The van der Waals surface area contributed by atoms with Gasteiger partial charge in [-0.2, -0.15) is 0 Å². The van der Waals surface area contributed by atoms with Crippen LogP contribution in [0.1, 0.15) is 63.0 Å². The molecule has 4 heteroatoms. The molecular weight excluding hydrogens is 364 g/mol. The van der Waals surface area contributed by atoms with Gasteiger partial charge in [0.2, 0.25) is 0 Å². The second-order valence-corrected chi connectivity index (χ2v) is 8.14. The van der Waals surface area contributed by atoms with Crippen molar-refractivity contribution in [3.63, 3.8) is 0 Å². The third-order valence-corrected chi connectivity index (χ3v) is 5.34. The van der Waals surface area contributed by atoms with Crippen LogP contribution in [0.5, 0.6) is 5.75 Å². The van der Waals surface area contributed by atoms with Crippen LogP contribution in [-0.4, -0.2) is 19.2 Å². The average Bonchev–Trinajstić information content (AvgIpc) is 2.75. The molecule has 0 unspecified atom stereocenters. The van der Waals surface area contributed by atoms with Gasteiger partial charge >= 0.3 is 5.97 Å². The van der Waals surface area contributed by atoms with E-state index >= 15 is 0 Å². The molecule has 1 aliphatic heterocycles.